The van der Waals surface area contributed by atoms with E-state index in [2.05, 4.69) is 15.9 Å². The topological polar surface area (TPSA) is 4.93 Å². The third-order valence-electron chi connectivity index (χ3n) is 2.23. The Kier molecular flexibility index (Phi) is 1.91. The van der Waals surface area contributed by atoms with Crippen LogP contribution in [0, 0.1) is 12.7 Å². The Labute approximate surface area is 84.3 Å². The van der Waals surface area contributed by atoms with E-state index in [1.807, 2.05) is 24.7 Å². The fourth-order valence-corrected chi connectivity index (χ4v) is 2.28. The van der Waals surface area contributed by atoms with Crippen LogP contribution in [0.1, 0.15) is 5.56 Å². The normalized spacial score (nSPS) is 11.1. The molecule has 13 heavy (non-hydrogen) atoms. The van der Waals surface area contributed by atoms with Crippen molar-refractivity contribution < 1.29 is 4.39 Å². The molecular formula is C10H9BrFN. The van der Waals surface area contributed by atoms with Crippen LogP contribution in [0.2, 0.25) is 0 Å². The smallest absolute Gasteiger partial charge is 0.138 e. The summed E-state index contributed by atoms with van der Waals surface area (Å²) in [6.07, 6.45) is 1.99. The van der Waals surface area contributed by atoms with Gasteiger partial charge in [-0.15, -0.1) is 0 Å². The van der Waals surface area contributed by atoms with Gasteiger partial charge in [-0.2, -0.15) is 0 Å². The fraction of sp³-hybridized carbons (Fsp3) is 0.200. The molecule has 0 fully saturated rings. The first-order valence-electron chi connectivity index (χ1n) is 4.01. The van der Waals surface area contributed by atoms with Gasteiger partial charge >= 0.3 is 0 Å². The molecule has 0 aliphatic heterocycles. The lowest BCUT2D eigenvalue weighted by Crippen LogP contribution is -1.84. The van der Waals surface area contributed by atoms with E-state index in [1.54, 1.807) is 6.07 Å². The molecule has 1 aromatic carbocycles. The van der Waals surface area contributed by atoms with E-state index in [9.17, 15) is 4.39 Å². The number of nitrogens with zero attached hydrogens (tertiary/aromatic N) is 1. The van der Waals surface area contributed by atoms with E-state index in [-0.39, 0.29) is 5.82 Å². The second kappa shape index (κ2) is 2.84. The monoisotopic (exact) mass is 241 g/mol. The molecule has 2 aromatic rings. The minimum atomic E-state index is -0.207. The molecule has 0 atom stereocenters. The van der Waals surface area contributed by atoms with Crippen molar-refractivity contribution >= 4 is 26.8 Å². The zero-order chi connectivity index (χ0) is 9.59. The Morgan fingerprint density at radius 1 is 1.38 bits per heavy atom. The maximum atomic E-state index is 13.2. The molecule has 0 amide bonds. The highest BCUT2D eigenvalue weighted by Crippen LogP contribution is 2.30. The van der Waals surface area contributed by atoms with Crippen LogP contribution in [0.3, 0.4) is 0 Å². The Hall–Kier alpha value is -0.830. The number of rotatable bonds is 0. The van der Waals surface area contributed by atoms with Gasteiger partial charge in [0.1, 0.15) is 5.82 Å². The van der Waals surface area contributed by atoms with Crippen molar-refractivity contribution in [3.63, 3.8) is 0 Å². The summed E-state index contributed by atoms with van der Waals surface area (Å²) in [6, 6.07) is 3.27. The van der Waals surface area contributed by atoms with Gasteiger partial charge in [0.15, 0.2) is 0 Å². The van der Waals surface area contributed by atoms with Gasteiger partial charge in [-0.3, -0.25) is 0 Å². The Morgan fingerprint density at radius 3 is 2.77 bits per heavy atom. The first kappa shape index (κ1) is 8.75. The van der Waals surface area contributed by atoms with Gasteiger partial charge in [-0.1, -0.05) is 0 Å². The van der Waals surface area contributed by atoms with Crippen LogP contribution in [-0.4, -0.2) is 4.57 Å². The van der Waals surface area contributed by atoms with Gasteiger partial charge in [-0.05, 0) is 40.5 Å². The summed E-state index contributed by atoms with van der Waals surface area (Å²) in [5.74, 6) is -0.207. The first-order chi connectivity index (χ1) is 6.11. The molecule has 0 aliphatic rings. The summed E-state index contributed by atoms with van der Waals surface area (Å²) >= 11 is 3.26. The molecule has 0 saturated carbocycles. The van der Waals surface area contributed by atoms with Crippen LogP contribution in [0.4, 0.5) is 4.39 Å². The lowest BCUT2D eigenvalue weighted by atomic mass is 10.2. The zero-order valence-corrected chi connectivity index (χ0v) is 9.02. The maximum Gasteiger partial charge on any atom is 0.138 e. The number of hydrogen-bond acceptors (Lipinski definition) is 0. The van der Waals surface area contributed by atoms with E-state index in [4.69, 9.17) is 0 Å². The van der Waals surface area contributed by atoms with Gasteiger partial charge < -0.3 is 4.57 Å². The number of fused-ring (bicyclic) bond motifs is 1. The third-order valence-corrected chi connectivity index (χ3v) is 3.01. The molecule has 0 bridgehead atoms. The van der Waals surface area contributed by atoms with Crippen LogP contribution in [-0.2, 0) is 7.05 Å². The fourth-order valence-electron chi connectivity index (χ4n) is 1.63. The van der Waals surface area contributed by atoms with Crippen molar-refractivity contribution in [2.75, 3.05) is 0 Å². The standard InChI is InChI=1S/C10H9BrFN/c1-6-5-13(2)8-4-3-7(12)10(11)9(6)8/h3-5H,1-2H3. The predicted octanol–water partition coefficient (Wildman–Crippen LogP) is 3.39. The van der Waals surface area contributed by atoms with E-state index in [0.29, 0.717) is 4.47 Å². The Balaban J connectivity index is 2.98. The highest BCUT2D eigenvalue weighted by molar-refractivity contribution is 9.10. The van der Waals surface area contributed by atoms with Gasteiger partial charge in [-0.25, -0.2) is 4.39 Å². The molecule has 1 heterocycles. The number of aryl methyl sites for hydroxylation is 2. The van der Waals surface area contributed by atoms with Crippen molar-refractivity contribution in [2.45, 2.75) is 6.92 Å². The van der Waals surface area contributed by atoms with Gasteiger partial charge in [0.2, 0.25) is 0 Å². The minimum absolute atomic E-state index is 0.207. The molecule has 0 saturated heterocycles. The average Bonchev–Trinajstić information content (AvgIpc) is 2.35. The largest absolute Gasteiger partial charge is 0.350 e. The molecular weight excluding hydrogens is 233 g/mol. The molecule has 1 nitrogen and oxygen atoms in total. The average molecular weight is 242 g/mol. The molecule has 68 valence electrons. The van der Waals surface area contributed by atoms with Crippen molar-refractivity contribution in [1.29, 1.82) is 0 Å². The van der Waals surface area contributed by atoms with Crippen molar-refractivity contribution in [3.05, 3.63) is 34.2 Å². The van der Waals surface area contributed by atoms with E-state index >= 15 is 0 Å². The van der Waals surface area contributed by atoms with E-state index in [0.717, 1.165) is 16.5 Å². The molecule has 0 N–H and O–H groups in total. The second-order valence-corrected chi connectivity index (χ2v) is 3.97. The Bertz CT molecular complexity index is 473. The molecule has 2 rings (SSSR count). The molecule has 0 aliphatic carbocycles. The zero-order valence-electron chi connectivity index (χ0n) is 7.44. The summed E-state index contributed by atoms with van der Waals surface area (Å²) in [6.45, 7) is 1.98. The summed E-state index contributed by atoms with van der Waals surface area (Å²) in [4.78, 5) is 0. The lowest BCUT2D eigenvalue weighted by molar-refractivity contribution is 0.623. The minimum Gasteiger partial charge on any atom is -0.350 e. The van der Waals surface area contributed by atoms with E-state index in [1.165, 1.54) is 6.07 Å². The van der Waals surface area contributed by atoms with Gasteiger partial charge in [0, 0.05) is 24.1 Å². The number of benzene rings is 1. The van der Waals surface area contributed by atoms with Crippen molar-refractivity contribution in [1.82, 2.24) is 4.57 Å². The number of halogens is 2. The van der Waals surface area contributed by atoms with Crippen LogP contribution >= 0.6 is 15.9 Å². The van der Waals surface area contributed by atoms with Crippen LogP contribution in [0.5, 0.6) is 0 Å². The quantitative estimate of drug-likeness (QED) is 0.667. The van der Waals surface area contributed by atoms with E-state index < -0.39 is 0 Å². The SMILES string of the molecule is Cc1cn(C)c2ccc(F)c(Br)c12. The highest BCUT2D eigenvalue weighted by atomic mass is 79.9. The molecule has 3 heteroatoms. The molecule has 0 radical (unpaired) electrons. The van der Waals surface area contributed by atoms with Gasteiger partial charge in [0.05, 0.1) is 4.47 Å². The summed E-state index contributed by atoms with van der Waals surface area (Å²) in [5, 5.41) is 0.961. The molecule has 0 spiro atoms. The Morgan fingerprint density at radius 2 is 2.08 bits per heavy atom. The number of aromatic nitrogens is 1. The van der Waals surface area contributed by atoms with Crippen LogP contribution < -0.4 is 0 Å². The number of hydrogen-bond donors (Lipinski definition) is 0. The second-order valence-electron chi connectivity index (χ2n) is 3.18. The molecule has 0 unspecified atom stereocenters. The summed E-state index contributed by atoms with van der Waals surface area (Å²) < 4.78 is 15.7. The van der Waals surface area contributed by atoms with Crippen molar-refractivity contribution in [2.24, 2.45) is 7.05 Å². The summed E-state index contributed by atoms with van der Waals surface area (Å²) in [5.41, 5.74) is 2.13. The third kappa shape index (κ3) is 1.18. The van der Waals surface area contributed by atoms with Crippen molar-refractivity contribution in [3.8, 4) is 0 Å². The van der Waals surface area contributed by atoms with Crippen LogP contribution in [0.15, 0.2) is 22.8 Å². The lowest BCUT2D eigenvalue weighted by Gasteiger charge is -1.99. The first-order valence-corrected chi connectivity index (χ1v) is 4.80. The molecule has 1 aromatic heterocycles. The maximum absolute atomic E-state index is 13.2. The van der Waals surface area contributed by atoms with Crippen LogP contribution in [0.25, 0.3) is 10.9 Å². The van der Waals surface area contributed by atoms with Gasteiger partial charge in [0.25, 0.3) is 0 Å². The predicted molar refractivity (Wildman–Crippen MR) is 55.3 cm³/mol. The summed E-state index contributed by atoms with van der Waals surface area (Å²) in [7, 11) is 1.96. The highest BCUT2D eigenvalue weighted by Gasteiger charge is 2.09.